The maximum absolute atomic E-state index is 10.9. The molecule has 16 heavy (non-hydrogen) atoms. The average Bonchev–Trinajstić information content (AvgIpc) is 2.59. The molecular weight excluding hydrogens is 300 g/mol. The van der Waals surface area contributed by atoms with E-state index >= 15 is 0 Å². The van der Waals surface area contributed by atoms with Gasteiger partial charge in [-0.3, -0.25) is 4.18 Å². The second-order valence-corrected chi connectivity index (χ2v) is 5.76. The molecule has 0 radical (unpaired) electrons. The van der Waals surface area contributed by atoms with Crippen LogP contribution in [-0.4, -0.2) is 21.5 Å². The standard InChI is InChI=1S/C9H9BrO5S/c1-16(11,12)15-4-6-2-8-9(3-7(6)10)14-5-13-8/h2-3H,4-5H2,1H3. The monoisotopic (exact) mass is 308 g/mol. The Kier molecular flexibility index (Phi) is 3.09. The van der Waals surface area contributed by atoms with Crippen LogP contribution in [0.25, 0.3) is 0 Å². The SMILES string of the molecule is CS(=O)(=O)OCc1cc2c(cc1Br)OCO2. The summed E-state index contributed by atoms with van der Waals surface area (Å²) in [5.41, 5.74) is 0.690. The van der Waals surface area contributed by atoms with Crippen LogP contribution in [0.4, 0.5) is 0 Å². The lowest BCUT2D eigenvalue weighted by atomic mass is 10.2. The molecule has 0 aliphatic carbocycles. The molecule has 0 amide bonds. The van der Waals surface area contributed by atoms with E-state index in [9.17, 15) is 8.42 Å². The zero-order valence-corrected chi connectivity index (χ0v) is 10.8. The van der Waals surface area contributed by atoms with Crippen LogP contribution in [0, 0.1) is 0 Å². The Morgan fingerprint density at radius 2 is 2.00 bits per heavy atom. The van der Waals surface area contributed by atoms with Crippen LogP contribution in [0.5, 0.6) is 11.5 Å². The first-order valence-electron chi connectivity index (χ1n) is 4.38. The van der Waals surface area contributed by atoms with E-state index in [1.165, 1.54) is 0 Å². The van der Waals surface area contributed by atoms with Gasteiger partial charge in [0.15, 0.2) is 11.5 Å². The zero-order chi connectivity index (χ0) is 11.8. The highest BCUT2D eigenvalue weighted by Crippen LogP contribution is 2.37. The fourth-order valence-electron chi connectivity index (χ4n) is 1.24. The molecule has 0 saturated heterocycles. The van der Waals surface area contributed by atoms with Gasteiger partial charge in [-0.25, -0.2) is 0 Å². The number of halogens is 1. The van der Waals surface area contributed by atoms with Crippen molar-refractivity contribution >= 4 is 26.0 Å². The van der Waals surface area contributed by atoms with Crippen molar-refractivity contribution in [2.75, 3.05) is 13.0 Å². The molecule has 1 heterocycles. The van der Waals surface area contributed by atoms with E-state index in [1.54, 1.807) is 12.1 Å². The Morgan fingerprint density at radius 1 is 1.38 bits per heavy atom. The predicted octanol–water partition coefficient (Wildman–Crippen LogP) is 1.65. The molecule has 88 valence electrons. The molecule has 0 spiro atoms. The molecule has 1 aromatic carbocycles. The lowest BCUT2D eigenvalue weighted by molar-refractivity contribution is 0.174. The molecule has 7 heteroatoms. The fraction of sp³-hybridized carbons (Fsp3) is 0.333. The molecule has 1 aromatic rings. The van der Waals surface area contributed by atoms with Gasteiger partial charge in [-0.1, -0.05) is 15.9 Å². The number of hydrogen-bond donors (Lipinski definition) is 0. The highest BCUT2D eigenvalue weighted by atomic mass is 79.9. The number of ether oxygens (including phenoxy) is 2. The number of rotatable bonds is 3. The van der Waals surface area contributed by atoms with Crippen LogP contribution in [0.2, 0.25) is 0 Å². The highest BCUT2D eigenvalue weighted by Gasteiger charge is 2.17. The molecule has 0 unspecified atom stereocenters. The van der Waals surface area contributed by atoms with Crippen LogP contribution in [-0.2, 0) is 20.9 Å². The summed E-state index contributed by atoms with van der Waals surface area (Å²) in [6.45, 7) is 0.147. The number of benzene rings is 1. The summed E-state index contributed by atoms with van der Waals surface area (Å²) in [5.74, 6) is 1.23. The van der Waals surface area contributed by atoms with Gasteiger partial charge < -0.3 is 9.47 Å². The molecule has 5 nitrogen and oxygen atoms in total. The number of fused-ring (bicyclic) bond motifs is 1. The van der Waals surface area contributed by atoms with E-state index < -0.39 is 10.1 Å². The predicted molar refractivity (Wildman–Crippen MR) is 59.9 cm³/mol. The van der Waals surface area contributed by atoms with E-state index in [0.29, 0.717) is 17.1 Å². The maximum Gasteiger partial charge on any atom is 0.264 e. The zero-order valence-electron chi connectivity index (χ0n) is 8.40. The van der Waals surface area contributed by atoms with Gasteiger partial charge in [0.05, 0.1) is 12.9 Å². The molecule has 2 rings (SSSR count). The van der Waals surface area contributed by atoms with Crippen LogP contribution in [0.1, 0.15) is 5.56 Å². The second kappa shape index (κ2) is 4.23. The van der Waals surface area contributed by atoms with Crippen molar-refractivity contribution < 1.29 is 22.1 Å². The Hall–Kier alpha value is -0.790. The molecule has 0 atom stereocenters. The summed E-state index contributed by atoms with van der Waals surface area (Å²) in [5, 5.41) is 0. The van der Waals surface area contributed by atoms with Crippen molar-refractivity contribution in [1.82, 2.24) is 0 Å². The Balaban J connectivity index is 2.22. The lowest BCUT2D eigenvalue weighted by Gasteiger charge is -2.05. The van der Waals surface area contributed by atoms with Gasteiger partial charge in [0.2, 0.25) is 6.79 Å². The normalized spacial score (nSPS) is 14.1. The summed E-state index contributed by atoms with van der Waals surface area (Å²) in [6.07, 6.45) is 1.01. The summed E-state index contributed by atoms with van der Waals surface area (Å²) in [6, 6.07) is 3.42. The molecule has 0 aromatic heterocycles. The van der Waals surface area contributed by atoms with Crippen molar-refractivity contribution in [3.05, 3.63) is 22.2 Å². The third kappa shape index (κ3) is 2.66. The first-order chi connectivity index (χ1) is 7.46. The Labute approximate surface area is 102 Å². The van der Waals surface area contributed by atoms with Crippen molar-refractivity contribution in [3.8, 4) is 11.5 Å². The largest absolute Gasteiger partial charge is 0.454 e. The third-order valence-electron chi connectivity index (χ3n) is 1.97. The maximum atomic E-state index is 10.9. The van der Waals surface area contributed by atoms with E-state index in [2.05, 4.69) is 15.9 Å². The van der Waals surface area contributed by atoms with Crippen LogP contribution < -0.4 is 9.47 Å². The molecule has 0 N–H and O–H groups in total. The van der Waals surface area contributed by atoms with E-state index in [0.717, 1.165) is 10.7 Å². The summed E-state index contributed by atoms with van der Waals surface area (Å²) in [7, 11) is -3.45. The minimum atomic E-state index is -3.45. The Bertz CT molecular complexity index is 511. The van der Waals surface area contributed by atoms with Gasteiger partial charge in [0.1, 0.15) is 0 Å². The second-order valence-electron chi connectivity index (χ2n) is 3.26. The molecule has 0 saturated carbocycles. The first kappa shape index (κ1) is 11.7. The molecule has 1 aliphatic heterocycles. The summed E-state index contributed by atoms with van der Waals surface area (Å²) in [4.78, 5) is 0. The van der Waals surface area contributed by atoms with Gasteiger partial charge in [0.25, 0.3) is 10.1 Å². The van der Waals surface area contributed by atoms with E-state index in [-0.39, 0.29) is 13.4 Å². The molecule has 0 bridgehead atoms. The molecule has 1 aliphatic rings. The van der Waals surface area contributed by atoms with Crippen LogP contribution in [0.3, 0.4) is 0 Å². The smallest absolute Gasteiger partial charge is 0.264 e. The van der Waals surface area contributed by atoms with Crippen molar-refractivity contribution in [3.63, 3.8) is 0 Å². The Morgan fingerprint density at radius 3 is 2.62 bits per heavy atom. The van der Waals surface area contributed by atoms with Gasteiger partial charge in [0, 0.05) is 4.47 Å². The highest BCUT2D eigenvalue weighted by molar-refractivity contribution is 9.10. The summed E-state index contributed by atoms with van der Waals surface area (Å²) >= 11 is 3.31. The number of hydrogen-bond acceptors (Lipinski definition) is 5. The lowest BCUT2D eigenvalue weighted by Crippen LogP contribution is -2.03. The average molecular weight is 309 g/mol. The molecule has 0 fully saturated rings. The van der Waals surface area contributed by atoms with Gasteiger partial charge >= 0.3 is 0 Å². The van der Waals surface area contributed by atoms with Gasteiger partial charge in [-0.15, -0.1) is 0 Å². The quantitative estimate of drug-likeness (QED) is 0.795. The fourth-order valence-corrected chi connectivity index (χ4v) is 2.02. The van der Waals surface area contributed by atoms with Crippen LogP contribution in [0.15, 0.2) is 16.6 Å². The van der Waals surface area contributed by atoms with E-state index in [4.69, 9.17) is 13.7 Å². The third-order valence-corrected chi connectivity index (χ3v) is 3.25. The van der Waals surface area contributed by atoms with Crippen molar-refractivity contribution in [2.24, 2.45) is 0 Å². The van der Waals surface area contributed by atoms with Crippen molar-refractivity contribution in [1.29, 1.82) is 0 Å². The van der Waals surface area contributed by atoms with Crippen molar-refractivity contribution in [2.45, 2.75) is 6.61 Å². The van der Waals surface area contributed by atoms with E-state index in [1.807, 2.05) is 0 Å². The molecular formula is C9H9BrO5S. The van der Waals surface area contributed by atoms with Gasteiger partial charge in [-0.2, -0.15) is 8.42 Å². The minimum Gasteiger partial charge on any atom is -0.454 e. The van der Waals surface area contributed by atoms with Gasteiger partial charge in [-0.05, 0) is 17.7 Å². The minimum absolute atomic E-state index is 0.0317. The van der Waals surface area contributed by atoms with Crippen LogP contribution >= 0.6 is 15.9 Å². The topological polar surface area (TPSA) is 61.8 Å². The summed E-state index contributed by atoms with van der Waals surface area (Å²) < 4.78 is 37.5. The first-order valence-corrected chi connectivity index (χ1v) is 6.99.